The van der Waals surface area contributed by atoms with Crippen LogP contribution in [0.1, 0.15) is 6.42 Å². The Morgan fingerprint density at radius 3 is 2.68 bits per heavy atom. The predicted molar refractivity (Wildman–Crippen MR) is 112 cm³/mol. The lowest BCUT2D eigenvalue weighted by atomic mass is 10.00. The van der Waals surface area contributed by atoms with Crippen LogP contribution in [0, 0.1) is 5.82 Å². The lowest BCUT2D eigenvalue weighted by molar-refractivity contribution is 0.636. The number of rotatable bonds is 5. The van der Waals surface area contributed by atoms with Crippen LogP contribution in [0.3, 0.4) is 0 Å². The summed E-state index contributed by atoms with van der Waals surface area (Å²) in [4.78, 5) is 10.4. The van der Waals surface area contributed by atoms with Gasteiger partial charge in [0, 0.05) is 20.0 Å². The van der Waals surface area contributed by atoms with Gasteiger partial charge in [-0.05, 0) is 29.3 Å². The molecule has 0 aliphatic rings. The molecule has 3 aromatic rings. The van der Waals surface area contributed by atoms with Crippen LogP contribution >= 0.6 is 23.2 Å². The summed E-state index contributed by atoms with van der Waals surface area (Å²) in [5.41, 5.74) is 4.16. The molecule has 0 spiro atoms. The summed E-state index contributed by atoms with van der Waals surface area (Å²) >= 11 is 12.2. The molecule has 1 heterocycles. The fourth-order valence-corrected chi connectivity index (χ4v) is 3.17. The van der Waals surface area contributed by atoms with Crippen LogP contribution in [0.5, 0.6) is 0 Å². The van der Waals surface area contributed by atoms with Crippen LogP contribution in [0.25, 0.3) is 22.0 Å². The highest BCUT2D eigenvalue weighted by Crippen LogP contribution is 2.36. The normalized spacial score (nSPS) is 11.7. The number of fused-ring (bicyclic) bond motifs is 1. The third kappa shape index (κ3) is 3.94. The Labute approximate surface area is 171 Å². The van der Waals surface area contributed by atoms with Crippen LogP contribution in [0.15, 0.2) is 41.8 Å². The summed E-state index contributed by atoms with van der Waals surface area (Å²) in [6, 6.07) is 8.28. The summed E-state index contributed by atoms with van der Waals surface area (Å²) in [5.74, 6) is 11.2. The number of nitrogens with zero attached hydrogens (tertiary/aromatic N) is 4. The number of hydrogen-bond donors (Lipinski definition) is 3. The number of hydrazone groups is 1. The Kier molecular flexibility index (Phi) is 6.13. The number of benzene rings is 2. The number of nitrogens with one attached hydrogen (secondary N) is 1. The highest BCUT2D eigenvalue weighted by molar-refractivity contribution is 6.42. The number of anilines is 1. The van der Waals surface area contributed by atoms with Crippen molar-refractivity contribution in [3.05, 3.63) is 52.5 Å². The summed E-state index contributed by atoms with van der Waals surface area (Å²) < 4.78 is 14.5. The lowest BCUT2D eigenvalue weighted by Crippen LogP contribution is -2.34. The van der Waals surface area contributed by atoms with Gasteiger partial charge in [0.25, 0.3) is 0 Å². The molecule has 146 valence electrons. The van der Waals surface area contributed by atoms with Gasteiger partial charge in [-0.25, -0.2) is 20.2 Å². The predicted octanol–water partition coefficient (Wildman–Crippen LogP) is 3.30. The molecular weight excluding hydrogens is 404 g/mol. The van der Waals surface area contributed by atoms with Crippen molar-refractivity contribution in [3.8, 4) is 11.1 Å². The molecule has 0 bridgehead atoms. The Morgan fingerprint density at radius 1 is 1.21 bits per heavy atom. The van der Waals surface area contributed by atoms with E-state index in [9.17, 15) is 4.39 Å². The molecule has 0 atom stereocenters. The zero-order chi connectivity index (χ0) is 20.3. The molecule has 0 saturated heterocycles. The van der Waals surface area contributed by atoms with Crippen LogP contribution in [0.2, 0.25) is 10.0 Å². The van der Waals surface area contributed by atoms with Gasteiger partial charge in [-0.3, -0.25) is 0 Å². The molecule has 0 aliphatic carbocycles. The molecule has 7 nitrogen and oxygen atoms in total. The van der Waals surface area contributed by atoms with Gasteiger partial charge in [0.15, 0.2) is 0 Å². The largest absolute Gasteiger partial charge is 0.359 e. The number of nitrogens with two attached hydrogens (primary N) is 2. The Bertz CT molecular complexity index is 1040. The highest BCUT2D eigenvalue weighted by Gasteiger charge is 2.17. The van der Waals surface area contributed by atoms with E-state index in [-0.39, 0.29) is 5.52 Å². The smallest absolute Gasteiger partial charge is 0.149 e. The van der Waals surface area contributed by atoms with Crippen molar-refractivity contribution in [1.29, 1.82) is 0 Å². The summed E-state index contributed by atoms with van der Waals surface area (Å²) in [5, 5.41) is 4.97. The van der Waals surface area contributed by atoms with Crippen molar-refractivity contribution in [2.24, 2.45) is 16.8 Å². The third-order valence-corrected chi connectivity index (χ3v) is 5.06. The first kappa shape index (κ1) is 20.1. The minimum absolute atomic E-state index is 0.213. The first-order valence-electron chi connectivity index (χ1n) is 8.29. The summed E-state index contributed by atoms with van der Waals surface area (Å²) in [6.07, 6.45) is 1.78. The second-order valence-electron chi connectivity index (χ2n) is 6.04. The molecule has 0 amide bonds. The maximum Gasteiger partial charge on any atom is 0.149 e. The van der Waals surface area contributed by atoms with E-state index >= 15 is 0 Å². The van der Waals surface area contributed by atoms with Crippen molar-refractivity contribution in [2.75, 3.05) is 18.5 Å². The van der Waals surface area contributed by atoms with Crippen LogP contribution in [-0.2, 0) is 0 Å². The molecule has 0 fully saturated rings. The quantitative estimate of drug-likeness (QED) is 0.252. The van der Waals surface area contributed by atoms with Crippen LogP contribution < -0.4 is 22.0 Å². The number of aromatic nitrogens is 2. The SMILES string of the molecule is CN(CC/C(=N/N)NN)c1ncnc2c(F)ccc(-c3ccc(Cl)c(Cl)c3)c12. The molecule has 0 aliphatic heterocycles. The monoisotopic (exact) mass is 421 g/mol. The van der Waals surface area contributed by atoms with E-state index in [1.165, 1.54) is 12.4 Å². The van der Waals surface area contributed by atoms with Gasteiger partial charge in [0.2, 0.25) is 0 Å². The topological polar surface area (TPSA) is 105 Å². The van der Waals surface area contributed by atoms with E-state index in [4.69, 9.17) is 34.9 Å². The molecule has 5 N–H and O–H groups in total. The summed E-state index contributed by atoms with van der Waals surface area (Å²) in [6.45, 7) is 0.490. The molecule has 1 aromatic heterocycles. The summed E-state index contributed by atoms with van der Waals surface area (Å²) in [7, 11) is 1.83. The molecule has 0 radical (unpaired) electrons. The number of hydrazine groups is 1. The van der Waals surface area contributed by atoms with Gasteiger partial charge in [0.1, 0.15) is 29.3 Å². The zero-order valence-corrected chi connectivity index (χ0v) is 16.5. The number of amidine groups is 1. The Morgan fingerprint density at radius 2 is 2.00 bits per heavy atom. The molecule has 3 rings (SSSR count). The van der Waals surface area contributed by atoms with Crippen LogP contribution in [0.4, 0.5) is 10.2 Å². The van der Waals surface area contributed by atoms with E-state index in [1.54, 1.807) is 18.2 Å². The van der Waals surface area contributed by atoms with Gasteiger partial charge in [-0.15, -0.1) is 0 Å². The van der Waals surface area contributed by atoms with Gasteiger partial charge >= 0.3 is 0 Å². The molecule has 2 aromatic carbocycles. The average molecular weight is 422 g/mol. The second kappa shape index (κ2) is 8.55. The maximum atomic E-state index is 14.5. The minimum Gasteiger partial charge on any atom is -0.359 e. The molecule has 28 heavy (non-hydrogen) atoms. The van der Waals surface area contributed by atoms with E-state index in [0.29, 0.717) is 40.1 Å². The van der Waals surface area contributed by atoms with Gasteiger partial charge in [-0.2, -0.15) is 5.10 Å². The van der Waals surface area contributed by atoms with Gasteiger partial charge in [0.05, 0.1) is 15.4 Å². The Hall–Kier alpha value is -2.68. The minimum atomic E-state index is -0.441. The van der Waals surface area contributed by atoms with E-state index in [1.807, 2.05) is 18.0 Å². The third-order valence-electron chi connectivity index (χ3n) is 4.32. The Balaban J connectivity index is 2.13. The maximum absolute atomic E-state index is 14.5. The first-order valence-corrected chi connectivity index (χ1v) is 9.05. The molecule has 0 unspecified atom stereocenters. The van der Waals surface area contributed by atoms with Gasteiger partial charge < -0.3 is 16.2 Å². The van der Waals surface area contributed by atoms with E-state index in [0.717, 1.165) is 11.1 Å². The number of halogens is 3. The molecular formula is C18H18Cl2FN7. The fourth-order valence-electron chi connectivity index (χ4n) is 2.87. The van der Waals surface area contributed by atoms with Crippen molar-refractivity contribution >= 4 is 45.8 Å². The van der Waals surface area contributed by atoms with Crippen molar-refractivity contribution in [2.45, 2.75) is 6.42 Å². The van der Waals surface area contributed by atoms with E-state index in [2.05, 4.69) is 20.5 Å². The number of hydrogen-bond acceptors (Lipinski definition) is 6. The standard InChI is InChI=1S/C18H18Cl2FN7/c1-28(7-6-15(26-22)27-23)18-16-11(10-2-4-12(19)13(20)8-10)3-5-14(21)17(16)24-9-25-18/h2-5,8-9H,6-7,22-23H2,1H3,(H,26,27). The average Bonchev–Trinajstić information content (AvgIpc) is 2.71. The van der Waals surface area contributed by atoms with Crippen LogP contribution in [-0.4, -0.2) is 29.4 Å². The first-order chi connectivity index (χ1) is 13.5. The van der Waals surface area contributed by atoms with Gasteiger partial charge in [-0.1, -0.05) is 35.3 Å². The van der Waals surface area contributed by atoms with Crippen molar-refractivity contribution < 1.29 is 4.39 Å². The second-order valence-corrected chi connectivity index (χ2v) is 6.85. The van der Waals surface area contributed by atoms with Crippen molar-refractivity contribution in [1.82, 2.24) is 15.4 Å². The molecule has 10 heteroatoms. The fraction of sp³-hybridized carbons (Fsp3) is 0.167. The molecule has 0 saturated carbocycles. The zero-order valence-electron chi connectivity index (χ0n) is 15.0. The van der Waals surface area contributed by atoms with Crippen molar-refractivity contribution in [3.63, 3.8) is 0 Å². The lowest BCUT2D eigenvalue weighted by Gasteiger charge is -2.21. The van der Waals surface area contributed by atoms with E-state index < -0.39 is 5.82 Å². The highest BCUT2D eigenvalue weighted by atomic mass is 35.5.